The van der Waals surface area contributed by atoms with Crippen LogP contribution in [0.5, 0.6) is 0 Å². The van der Waals surface area contributed by atoms with E-state index in [1.165, 1.54) is 24.3 Å². The van der Waals surface area contributed by atoms with Crippen molar-refractivity contribution in [1.29, 1.82) is 0 Å². The molecule has 0 N–H and O–H groups in total. The van der Waals surface area contributed by atoms with Crippen LogP contribution in [0.2, 0.25) is 0 Å². The Hall–Kier alpha value is -1.70. The molecular formula is C16H16F2. The Morgan fingerprint density at radius 3 is 1.89 bits per heavy atom. The van der Waals surface area contributed by atoms with E-state index in [0.717, 1.165) is 16.7 Å². The van der Waals surface area contributed by atoms with Crippen LogP contribution in [-0.4, -0.2) is 0 Å². The summed E-state index contributed by atoms with van der Waals surface area (Å²) < 4.78 is 27.0. The SMILES string of the molecule is Cc1cc(F)cc(-c2cc(F)cc(C(C)C)c2)c1. The zero-order chi connectivity index (χ0) is 13.3. The predicted octanol–water partition coefficient (Wildman–Crippen LogP) is 5.06. The third-order valence-corrected chi connectivity index (χ3v) is 2.96. The fourth-order valence-electron chi connectivity index (χ4n) is 2.02. The van der Waals surface area contributed by atoms with Crippen molar-refractivity contribution in [3.63, 3.8) is 0 Å². The lowest BCUT2D eigenvalue weighted by molar-refractivity contribution is 0.622. The van der Waals surface area contributed by atoms with Gasteiger partial charge in [0.1, 0.15) is 11.6 Å². The lowest BCUT2D eigenvalue weighted by atomic mass is 9.96. The van der Waals surface area contributed by atoms with Crippen LogP contribution in [0, 0.1) is 18.6 Å². The molecule has 0 aliphatic rings. The molecule has 0 aromatic heterocycles. The fraction of sp³-hybridized carbons (Fsp3) is 0.250. The summed E-state index contributed by atoms with van der Waals surface area (Å²) in [6, 6.07) is 9.66. The smallest absolute Gasteiger partial charge is 0.124 e. The third-order valence-electron chi connectivity index (χ3n) is 2.96. The van der Waals surface area contributed by atoms with Crippen LogP contribution in [0.25, 0.3) is 11.1 Å². The molecule has 94 valence electrons. The summed E-state index contributed by atoms with van der Waals surface area (Å²) in [4.78, 5) is 0. The maximum Gasteiger partial charge on any atom is 0.124 e. The quantitative estimate of drug-likeness (QED) is 0.694. The molecule has 0 saturated heterocycles. The Labute approximate surface area is 106 Å². The average molecular weight is 246 g/mol. The van der Waals surface area contributed by atoms with Gasteiger partial charge in [-0.2, -0.15) is 0 Å². The molecule has 2 heteroatoms. The Balaban J connectivity index is 2.56. The van der Waals surface area contributed by atoms with E-state index in [-0.39, 0.29) is 17.6 Å². The molecule has 0 aliphatic carbocycles. The molecule has 0 radical (unpaired) electrons. The molecule has 18 heavy (non-hydrogen) atoms. The van der Waals surface area contributed by atoms with Crippen molar-refractivity contribution in [3.8, 4) is 11.1 Å². The van der Waals surface area contributed by atoms with Gasteiger partial charge in [-0.15, -0.1) is 0 Å². The number of benzene rings is 2. The zero-order valence-corrected chi connectivity index (χ0v) is 10.8. The highest BCUT2D eigenvalue weighted by molar-refractivity contribution is 5.65. The van der Waals surface area contributed by atoms with Crippen molar-refractivity contribution in [3.05, 3.63) is 59.2 Å². The average Bonchev–Trinajstić information content (AvgIpc) is 2.26. The topological polar surface area (TPSA) is 0 Å². The molecule has 0 spiro atoms. The highest BCUT2D eigenvalue weighted by Crippen LogP contribution is 2.26. The van der Waals surface area contributed by atoms with Crippen LogP contribution in [0.15, 0.2) is 36.4 Å². The van der Waals surface area contributed by atoms with Crippen LogP contribution in [0.4, 0.5) is 8.78 Å². The number of rotatable bonds is 2. The summed E-state index contributed by atoms with van der Waals surface area (Å²) in [6.45, 7) is 5.85. The first kappa shape index (κ1) is 12.7. The Bertz CT molecular complexity index is 551. The van der Waals surface area contributed by atoms with Crippen molar-refractivity contribution < 1.29 is 8.78 Å². The van der Waals surface area contributed by atoms with E-state index in [2.05, 4.69) is 0 Å². The lowest BCUT2D eigenvalue weighted by Crippen LogP contribution is -1.91. The molecule has 0 amide bonds. The molecule has 2 rings (SSSR count). The molecule has 0 nitrogen and oxygen atoms in total. The van der Waals surface area contributed by atoms with E-state index < -0.39 is 0 Å². The third kappa shape index (κ3) is 2.76. The van der Waals surface area contributed by atoms with Crippen LogP contribution < -0.4 is 0 Å². The van der Waals surface area contributed by atoms with Crippen LogP contribution in [-0.2, 0) is 0 Å². The van der Waals surface area contributed by atoms with Crippen molar-refractivity contribution >= 4 is 0 Å². The molecular weight excluding hydrogens is 230 g/mol. The molecule has 2 aromatic rings. The molecule has 0 bridgehead atoms. The van der Waals surface area contributed by atoms with Crippen molar-refractivity contribution in [2.75, 3.05) is 0 Å². The standard InChI is InChI=1S/C16H16F2/c1-10(2)12-6-14(9-16(18)7-12)13-4-11(3)5-15(17)8-13/h4-10H,1-3H3. The van der Waals surface area contributed by atoms with Gasteiger partial charge in [-0.05, 0) is 59.4 Å². The van der Waals surface area contributed by atoms with Gasteiger partial charge in [0.05, 0.1) is 0 Å². The summed E-state index contributed by atoms with van der Waals surface area (Å²) in [5.41, 5.74) is 3.20. The van der Waals surface area contributed by atoms with Gasteiger partial charge in [0.15, 0.2) is 0 Å². The first-order valence-corrected chi connectivity index (χ1v) is 6.04. The normalized spacial score (nSPS) is 11.0. The minimum absolute atomic E-state index is 0.245. The summed E-state index contributed by atoms with van der Waals surface area (Å²) in [6.07, 6.45) is 0. The second kappa shape index (κ2) is 4.89. The molecule has 0 unspecified atom stereocenters. The second-order valence-electron chi connectivity index (χ2n) is 4.95. The van der Waals surface area contributed by atoms with Crippen molar-refractivity contribution in [2.45, 2.75) is 26.7 Å². The molecule has 0 heterocycles. The second-order valence-corrected chi connectivity index (χ2v) is 4.95. The first-order valence-electron chi connectivity index (χ1n) is 6.04. The van der Waals surface area contributed by atoms with Crippen molar-refractivity contribution in [1.82, 2.24) is 0 Å². The van der Waals surface area contributed by atoms with E-state index in [9.17, 15) is 8.78 Å². The largest absolute Gasteiger partial charge is 0.207 e. The Morgan fingerprint density at radius 2 is 1.33 bits per heavy atom. The van der Waals surface area contributed by atoms with Gasteiger partial charge in [0, 0.05) is 0 Å². The Morgan fingerprint density at radius 1 is 0.778 bits per heavy atom. The monoisotopic (exact) mass is 246 g/mol. The van der Waals surface area contributed by atoms with E-state index in [1.54, 1.807) is 0 Å². The van der Waals surface area contributed by atoms with Crippen molar-refractivity contribution in [2.24, 2.45) is 0 Å². The van der Waals surface area contributed by atoms with Crippen LogP contribution in [0.3, 0.4) is 0 Å². The zero-order valence-electron chi connectivity index (χ0n) is 10.8. The maximum absolute atomic E-state index is 13.6. The highest BCUT2D eigenvalue weighted by atomic mass is 19.1. The highest BCUT2D eigenvalue weighted by Gasteiger charge is 2.07. The van der Waals surface area contributed by atoms with E-state index in [1.807, 2.05) is 32.9 Å². The van der Waals surface area contributed by atoms with Gasteiger partial charge in [0.25, 0.3) is 0 Å². The minimum atomic E-state index is -0.291. The molecule has 0 saturated carbocycles. The molecule has 2 aromatic carbocycles. The van der Waals surface area contributed by atoms with E-state index in [4.69, 9.17) is 0 Å². The molecule has 0 aliphatic heterocycles. The number of hydrogen-bond donors (Lipinski definition) is 0. The molecule has 0 fully saturated rings. The maximum atomic E-state index is 13.6. The number of aryl methyl sites for hydroxylation is 1. The minimum Gasteiger partial charge on any atom is -0.207 e. The summed E-state index contributed by atoms with van der Waals surface area (Å²) in [5, 5.41) is 0. The van der Waals surface area contributed by atoms with Gasteiger partial charge in [-0.25, -0.2) is 8.78 Å². The molecule has 0 atom stereocenters. The van der Waals surface area contributed by atoms with Gasteiger partial charge >= 0.3 is 0 Å². The number of halogens is 2. The van der Waals surface area contributed by atoms with E-state index in [0.29, 0.717) is 5.56 Å². The van der Waals surface area contributed by atoms with Crippen LogP contribution >= 0.6 is 0 Å². The lowest BCUT2D eigenvalue weighted by Gasteiger charge is -2.10. The Kier molecular flexibility index (Phi) is 3.46. The summed E-state index contributed by atoms with van der Waals surface area (Å²) in [7, 11) is 0. The van der Waals surface area contributed by atoms with Gasteiger partial charge in [-0.3, -0.25) is 0 Å². The summed E-state index contributed by atoms with van der Waals surface area (Å²) in [5.74, 6) is -0.326. The first-order chi connectivity index (χ1) is 8.45. The predicted molar refractivity (Wildman–Crippen MR) is 70.6 cm³/mol. The fourth-order valence-corrected chi connectivity index (χ4v) is 2.02. The van der Waals surface area contributed by atoms with Gasteiger partial charge < -0.3 is 0 Å². The summed E-state index contributed by atoms with van der Waals surface area (Å²) >= 11 is 0. The van der Waals surface area contributed by atoms with Crippen LogP contribution in [0.1, 0.15) is 30.9 Å². The van der Waals surface area contributed by atoms with E-state index >= 15 is 0 Å². The van der Waals surface area contributed by atoms with Gasteiger partial charge in [-0.1, -0.05) is 26.0 Å². The van der Waals surface area contributed by atoms with Gasteiger partial charge in [0.2, 0.25) is 0 Å². The number of hydrogen-bond acceptors (Lipinski definition) is 0.